The van der Waals surface area contributed by atoms with Gasteiger partial charge >= 0.3 is 0 Å². The van der Waals surface area contributed by atoms with Crippen LogP contribution in [0.15, 0.2) is 54.6 Å². The van der Waals surface area contributed by atoms with E-state index in [-0.39, 0.29) is 18.7 Å². The van der Waals surface area contributed by atoms with Gasteiger partial charge in [-0.25, -0.2) is 0 Å². The first-order chi connectivity index (χ1) is 26.3. The number of likely N-dealkylation sites (tertiary alicyclic amines) is 1. The average Bonchev–Trinajstić information content (AvgIpc) is 3.17. The number of nitrogens with zero attached hydrogens (tertiary/aromatic N) is 3. The van der Waals surface area contributed by atoms with Gasteiger partial charge in [-0.15, -0.1) is 0 Å². The van der Waals surface area contributed by atoms with Crippen LogP contribution in [-0.4, -0.2) is 81.4 Å². The summed E-state index contributed by atoms with van der Waals surface area (Å²) in [6.07, 6.45) is 5.75. The van der Waals surface area contributed by atoms with E-state index in [0.717, 1.165) is 80.2 Å². The van der Waals surface area contributed by atoms with E-state index < -0.39 is 0 Å². The highest BCUT2D eigenvalue weighted by atomic mass is 16.5. The van der Waals surface area contributed by atoms with Crippen LogP contribution >= 0.6 is 0 Å². The normalized spacial score (nSPS) is 21.6. The molecule has 54 heavy (non-hydrogen) atoms. The maximum atomic E-state index is 10.8. The Kier molecular flexibility index (Phi) is 10.5. The maximum Gasteiger partial charge on any atom is 0.204 e. The quantitative estimate of drug-likeness (QED) is 0.213. The molecule has 286 valence electrons. The highest BCUT2D eigenvalue weighted by Gasteiger charge is 2.37. The molecule has 0 spiro atoms. The summed E-state index contributed by atoms with van der Waals surface area (Å²) in [6, 6.07) is 19.1. The summed E-state index contributed by atoms with van der Waals surface area (Å²) in [6.45, 7) is 6.95. The van der Waals surface area contributed by atoms with Gasteiger partial charge in [0, 0.05) is 55.0 Å². The van der Waals surface area contributed by atoms with Crippen LogP contribution in [0.4, 0.5) is 0 Å². The number of benzene rings is 4. The van der Waals surface area contributed by atoms with E-state index in [2.05, 4.69) is 84.2 Å². The highest BCUT2D eigenvalue weighted by Crippen LogP contribution is 2.53. The molecule has 0 aliphatic carbocycles. The number of rotatable bonds is 6. The molecule has 6 bridgehead atoms. The van der Waals surface area contributed by atoms with E-state index in [9.17, 15) is 5.11 Å². The Morgan fingerprint density at radius 3 is 2.26 bits per heavy atom. The van der Waals surface area contributed by atoms with Gasteiger partial charge in [-0.1, -0.05) is 25.1 Å². The molecule has 3 atom stereocenters. The van der Waals surface area contributed by atoms with Gasteiger partial charge in [0.1, 0.15) is 11.5 Å². The Morgan fingerprint density at radius 2 is 1.52 bits per heavy atom. The molecular weight excluding hydrogens is 679 g/mol. The van der Waals surface area contributed by atoms with Gasteiger partial charge in [0.05, 0.1) is 27.9 Å². The minimum Gasteiger partial charge on any atom is -0.493 e. The molecule has 0 aromatic heterocycles. The number of aliphatic hydroxyl groups is 1. The molecule has 9 rings (SSSR count). The van der Waals surface area contributed by atoms with E-state index in [1.807, 2.05) is 6.07 Å². The predicted molar refractivity (Wildman–Crippen MR) is 211 cm³/mol. The Balaban J connectivity index is 1.37. The lowest BCUT2D eigenvalue weighted by Gasteiger charge is -2.39. The zero-order valence-corrected chi connectivity index (χ0v) is 32.7. The van der Waals surface area contributed by atoms with Gasteiger partial charge < -0.3 is 28.8 Å². The van der Waals surface area contributed by atoms with Crippen LogP contribution in [-0.2, 0) is 38.8 Å². The summed E-state index contributed by atoms with van der Waals surface area (Å²) in [5.74, 6) is 5.44. The van der Waals surface area contributed by atoms with Gasteiger partial charge in [-0.2, -0.15) is 0 Å². The minimum absolute atomic E-state index is 0.0453. The number of fused-ring (bicyclic) bond motifs is 2. The second-order valence-corrected chi connectivity index (χ2v) is 15.8. The molecule has 1 saturated heterocycles. The number of ether oxygens (including phenoxy) is 5. The first-order valence-corrected chi connectivity index (χ1v) is 19.6. The van der Waals surface area contributed by atoms with Crippen molar-refractivity contribution in [3.63, 3.8) is 0 Å². The molecule has 5 aliphatic rings. The standard InChI is InChI=1S/C45H55N3O6/c1-28-8-7-17-48(25-28)26-36-34-16-19-47(3)38-21-30-11-14-39(50-4)41(22-30)53-33-12-9-29(10-13-33)20-37-35-24-40(32(27-49)23-31(35)15-18-46(37)2)54-44(42(34)38)45(52-6)43(36)51-5/h9-14,22-24,28,37-38,49H,7-8,15-21,25-27H2,1-6H3/t28?,37-,38-/m0/s1. The van der Waals surface area contributed by atoms with E-state index in [1.165, 1.54) is 40.7 Å². The summed E-state index contributed by atoms with van der Waals surface area (Å²) in [7, 11) is 9.55. The topological polar surface area (TPSA) is 76.1 Å². The van der Waals surface area contributed by atoms with Crippen molar-refractivity contribution < 1.29 is 28.8 Å². The Morgan fingerprint density at radius 1 is 0.778 bits per heavy atom. The lowest BCUT2D eigenvalue weighted by Crippen LogP contribution is -2.37. The lowest BCUT2D eigenvalue weighted by molar-refractivity contribution is 0.171. The van der Waals surface area contributed by atoms with Crippen molar-refractivity contribution in [1.29, 1.82) is 0 Å². The van der Waals surface area contributed by atoms with Crippen molar-refractivity contribution in [2.45, 2.75) is 70.7 Å². The summed E-state index contributed by atoms with van der Waals surface area (Å²) in [5, 5.41) is 10.8. The van der Waals surface area contributed by atoms with Gasteiger partial charge in [0.15, 0.2) is 23.0 Å². The Hall–Kier alpha value is -4.28. The molecule has 5 heterocycles. The molecule has 0 saturated carbocycles. The SMILES string of the molecule is COc1ccc2cc1Oc1ccc(cc1)C[C@H]1c3cc(c(CO)cc3CCN1C)Oc1c(OC)c(OC)c(CN3CCCC(C)C3)c3c1[C@H](C2)N(C)CC3. The third kappa shape index (κ3) is 6.92. The summed E-state index contributed by atoms with van der Waals surface area (Å²) < 4.78 is 32.3. The monoisotopic (exact) mass is 733 g/mol. The molecule has 5 aliphatic heterocycles. The maximum absolute atomic E-state index is 10.8. The van der Waals surface area contributed by atoms with Crippen LogP contribution in [0.25, 0.3) is 0 Å². The van der Waals surface area contributed by atoms with Crippen LogP contribution in [0, 0.1) is 5.92 Å². The number of aliphatic hydroxyl groups excluding tert-OH is 1. The van der Waals surface area contributed by atoms with Gasteiger partial charge in [-0.05, 0) is 129 Å². The van der Waals surface area contributed by atoms with Crippen LogP contribution < -0.4 is 23.7 Å². The number of hydrogen-bond donors (Lipinski definition) is 1. The zero-order valence-electron chi connectivity index (χ0n) is 32.7. The number of piperidine rings is 1. The molecular formula is C45H55N3O6. The smallest absolute Gasteiger partial charge is 0.204 e. The first kappa shape index (κ1) is 36.7. The molecule has 4 aromatic carbocycles. The van der Waals surface area contributed by atoms with Gasteiger partial charge in [0.2, 0.25) is 5.75 Å². The van der Waals surface area contributed by atoms with Crippen LogP contribution in [0.3, 0.4) is 0 Å². The number of hydrogen-bond acceptors (Lipinski definition) is 9. The van der Waals surface area contributed by atoms with Crippen molar-refractivity contribution in [2.24, 2.45) is 5.92 Å². The molecule has 1 fully saturated rings. The highest BCUT2D eigenvalue weighted by molar-refractivity contribution is 5.67. The molecule has 1 unspecified atom stereocenters. The third-order valence-electron chi connectivity index (χ3n) is 12.3. The van der Waals surface area contributed by atoms with Crippen LogP contribution in [0.2, 0.25) is 0 Å². The molecule has 9 nitrogen and oxygen atoms in total. The predicted octanol–water partition coefficient (Wildman–Crippen LogP) is 7.88. The second-order valence-electron chi connectivity index (χ2n) is 15.8. The second kappa shape index (κ2) is 15.5. The average molecular weight is 734 g/mol. The van der Waals surface area contributed by atoms with Crippen molar-refractivity contribution in [3.05, 3.63) is 99.1 Å². The van der Waals surface area contributed by atoms with Crippen molar-refractivity contribution in [2.75, 3.05) is 61.6 Å². The molecule has 0 radical (unpaired) electrons. The summed E-state index contributed by atoms with van der Waals surface area (Å²) in [5.41, 5.74) is 9.15. The van der Waals surface area contributed by atoms with Gasteiger partial charge in [-0.3, -0.25) is 14.7 Å². The van der Waals surface area contributed by atoms with Crippen LogP contribution in [0.5, 0.6) is 40.2 Å². The van der Waals surface area contributed by atoms with Gasteiger partial charge in [0.25, 0.3) is 0 Å². The molecule has 9 heteroatoms. The van der Waals surface area contributed by atoms with Crippen molar-refractivity contribution in [1.82, 2.24) is 14.7 Å². The van der Waals surface area contributed by atoms with E-state index in [0.29, 0.717) is 41.1 Å². The number of methoxy groups -OCH3 is 3. The summed E-state index contributed by atoms with van der Waals surface area (Å²) >= 11 is 0. The zero-order chi connectivity index (χ0) is 37.5. The third-order valence-corrected chi connectivity index (χ3v) is 12.3. The fraction of sp³-hybridized carbons (Fsp3) is 0.467. The molecule has 1 N–H and O–H groups in total. The first-order valence-electron chi connectivity index (χ1n) is 19.6. The Bertz CT molecular complexity index is 2000. The van der Waals surface area contributed by atoms with E-state index in [1.54, 1.807) is 21.3 Å². The van der Waals surface area contributed by atoms with Crippen molar-refractivity contribution in [3.8, 4) is 40.2 Å². The molecule has 4 aromatic rings. The minimum atomic E-state index is -0.130. The lowest BCUT2D eigenvalue weighted by atomic mass is 9.84. The fourth-order valence-electron chi connectivity index (χ4n) is 9.38. The van der Waals surface area contributed by atoms with E-state index in [4.69, 9.17) is 23.7 Å². The Labute approximate surface area is 320 Å². The fourth-order valence-corrected chi connectivity index (χ4v) is 9.38. The number of likely N-dealkylation sites (N-methyl/N-ethyl adjacent to an activating group) is 2. The van der Waals surface area contributed by atoms with Crippen LogP contribution in [0.1, 0.15) is 76.4 Å². The molecule has 0 amide bonds. The van der Waals surface area contributed by atoms with Crippen molar-refractivity contribution >= 4 is 0 Å². The summed E-state index contributed by atoms with van der Waals surface area (Å²) in [4.78, 5) is 7.43. The van der Waals surface area contributed by atoms with E-state index >= 15 is 0 Å². The largest absolute Gasteiger partial charge is 0.493 e.